The number of nitrogens with zero attached hydrogens (tertiary/aromatic N) is 4. The van der Waals surface area contributed by atoms with Gasteiger partial charge in [0.1, 0.15) is 17.6 Å². The second kappa shape index (κ2) is 5.21. The molecule has 2 aromatic rings. The van der Waals surface area contributed by atoms with Gasteiger partial charge in [-0.05, 0) is 18.1 Å². The summed E-state index contributed by atoms with van der Waals surface area (Å²) in [4.78, 5) is 26.6. The van der Waals surface area contributed by atoms with E-state index in [1.807, 2.05) is 0 Å². The molecule has 0 aromatic carbocycles. The number of carboxylic acid groups (broad SMARTS) is 1. The van der Waals surface area contributed by atoms with Gasteiger partial charge in [-0.3, -0.25) is 9.55 Å². The summed E-state index contributed by atoms with van der Waals surface area (Å²) in [6.45, 7) is -0.0731. The van der Waals surface area contributed by atoms with E-state index in [1.54, 1.807) is 0 Å². The second-order valence-electron chi connectivity index (χ2n) is 5.17. The Balaban J connectivity index is 1.86. The standard InChI is InChI=1S/C13H11F3N4O3/c14-13(15,16)9-3-1-7(5-17-9)6-19-12(23)20-8(11(21)22)2-4-10(20)18-19/h1,3,5,8H,2,4,6H2,(H,21,22). The van der Waals surface area contributed by atoms with Crippen LogP contribution >= 0.6 is 0 Å². The number of aliphatic carboxylic acids is 1. The van der Waals surface area contributed by atoms with Gasteiger partial charge in [0.2, 0.25) is 0 Å². The predicted molar refractivity (Wildman–Crippen MR) is 69.8 cm³/mol. The molecular formula is C13H11F3N4O3. The number of aromatic nitrogens is 4. The van der Waals surface area contributed by atoms with Gasteiger partial charge in [0, 0.05) is 12.6 Å². The average molecular weight is 328 g/mol. The van der Waals surface area contributed by atoms with E-state index in [0.29, 0.717) is 24.2 Å². The first-order chi connectivity index (χ1) is 10.8. The Kier molecular flexibility index (Phi) is 3.46. The van der Waals surface area contributed by atoms with Gasteiger partial charge in [0.25, 0.3) is 0 Å². The molecule has 1 aliphatic heterocycles. The molecule has 3 heterocycles. The number of carboxylic acids is 1. The zero-order valence-electron chi connectivity index (χ0n) is 11.6. The SMILES string of the molecule is O=C(O)C1CCc2nn(Cc3ccc(C(F)(F)F)nc3)c(=O)n21. The highest BCUT2D eigenvalue weighted by Crippen LogP contribution is 2.27. The molecule has 1 N–H and O–H groups in total. The van der Waals surface area contributed by atoms with Crippen molar-refractivity contribution in [1.29, 1.82) is 0 Å². The Morgan fingerprint density at radius 3 is 2.70 bits per heavy atom. The number of rotatable bonds is 3. The first kappa shape index (κ1) is 15.3. The fourth-order valence-electron chi connectivity index (χ4n) is 2.54. The van der Waals surface area contributed by atoms with Gasteiger partial charge in [0.05, 0.1) is 6.54 Å². The van der Waals surface area contributed by atoms with Crippen molar-refractivity contribution in [3.63, 3.8) is 0 Å². The van der Waals surface area contributed by atoms with Crippen LogP contribution in [0.1, 0.15) is 29.5 Å². The summed E-state index contributed by atoms with van der Waals surface area (Å²) >= 11 is 0. The summed E-state index contributed by atoms with van der Waals surface area (Å²) in [5.74, 6) is -0.746. The fraction of sp³-hybridized carbons (Fsp3) is 0.385. The smallest absolute Gasteiger partial charge is 0.433 e. The van der Waals surface area contributed by atoms with E-state index < -0.39 is 29.6 Å². The summed E-state index contributed by atoms with van der Waals surface area (Å²) < 4.78 is 39.5. The Bertz CT molecular complexity index is 807. The van der Waals surface area contributed by atoms with Gasteiger partial charge in [-0.25, -0.2) is 14.3 Å². The molecule has 1 aliphatic rings. The molecule has 122 valence electrons. The second-order valence-corrected chi connectivity index (χ2v) is 5.17. The van der Waals surface area contributed by atoms with Crippen molar-refractivity contribution in [3.8, 4) is 0 Å². The van der Waals surface area contributed by atoms with Crippen molar-refractivity contribution >= 4 is 5.97 Å². The van der Waals surface area contributed by atoms with E-state index in [1.165, 1.54) is 6.07 Å². The lowest BCUT2D eigenvalue weighted by Crippen LogP contribution is -2.30. The molecule has 3 rings (SSSR count). The topological polar surface area (TPSA) is 90.0 Å². The van der Waals surface area contributed by atoms with E-state index in [-0.39, 0.29) is 6.54 Å². The maximum atomic E-state index is 12.4. The van der Waals surface area contributed by atoms with E-state index in [2.05, 4.69) is 10.1 Å². The Hall–Kier alpha value is -2.65. The molecule has 0 amide bonds. The van der Waals surface area contributed by atoms with Crippen molar-refractivity contribution in [1.82, 2.24) is 19.3 Å². The molecule has 1 atom stereocenters. The number of alkyl halides is 3. The van der Waals surface area contributed by atoms with Crippen molar-refractivity contribution < 1.29 is 23.1 Å². The number of aryl methyl sites for hydroxylation is 1. The maximum absolute atomic E-state index is 12.4. The first-order valence-corrected chi connectivity index (χ1v) is 6.70. The van der Waals surface area contributed by atoms with E-state index in [0.717, 1.165) is 21.5 Å². The van der Waals surface area contributed by atoms with Gasteiger partial charge < -0.3 is 5.11 Å². The number of fused-ring (bicyclic) bond motifs is 1. The van der Waals surface area contributed by atoms with Crippen molar-refractivity contribution in [2.24, 2.45) is 0 Å². The monoisotopic (exact) mass is 328 g/mol. The minimum absolute atomic E-state index is 0.0731. The number of pyridine rings is 1. The molecule has 7 nitrogen and oxygen atoms in total. The third-order valence-electron chi connectivity index (χ3n) is 3.63. The van der Waals surface area contributed by atoms with Gasteiger partial charge >= 0.3 is 17.8 Å². The number of hydrogen-bond donors (Lipinski definition) is 1. The summed E-state index contributed by atoms with van der Waals surface area (Å²) in [5.41, 5.74) is -1.25. The third-order valence-corrected chi connectivity index (χ3v) is 3.63. The van der Waals surface area contributed by atoms with Crippen LogP contribution in [0.4, 0.5) is 13.2 Å². The molecule has 10 heteroatoms. The van der Waals surface area contributed by atoms with Crippen LogP contribution in [-0.4, -0.2) is 30.4 Å². The van der Waals surface area contributed by atoms with Crippen LogP contribution in [0.15, 0.2) is 23.1 Å². The summed E-state index contributed by atoms with van der Waals surface area (Å²) in [5, 5.41) is 13.1. The molecular weight excluding hydrogens is 317 g/mol. The largest absolute Gasteiger partial charge is 0.480 e. The third kappa shape index (κ3) is 2.71. The number of hydrogen-bond acceptors (Lipinski definition) is 4. The molecule has 0 saturated carbocycles. The lowest BCUT2D eigenvalue weighted by molar-refractivity contribution is -0.141. The van der Waals surface area contributed by atoms with E-state index in [4.69, 9.17) is 5.11 Å². The van der Waals surface area contributed by atoms with Crippen LogP contribution in [0.5, 0.6) is 0 Å². The van der Waals surface area contributed by atoms with Crippen LogP contribution in [0.2, 0.25) is 0 Å². The lowest BCUT2D eigenvalue weighted by atomic mass is 10.2. The van der Waals surface area contributed by atoms with E-state index >= 15 is 0 Å². The van der Waals surface area contributed by atoms with Crippen LogP contribution < -0.4 is 5.69 Å². The summed E-state index contributed by atoms with van der Waals surface area (Å²) in [6.07, 6.45) is -2.84. The Morgan fingerprint density at radius 1 is 1.39 bits per heavy atom. The highest BCUT2D eigenvalue weighted by Gasteiger charge is 2.33. The van der Waals surface area contributed by atoms with E-state index in [9.17, 15) is 22.8 Å². The quantitative estimate of drug-likeness (QED) is 0.910. The minimum Gasteiger partial charge on any atom is -0.480 e. The first-order valence-electron chi connectivity index (χ1n) is 6.70. The van der Waals surface area contributed by atoms with Crippen LogP contribution in [0.3, 0.4) is 0 Å². The van der Waals surface area contributed by atoms with Gasteiger partial charge in [0.15, 0.2) is 0 Å². The summed E-state index contributed by atoms with van der Waals surface area (Å²) in [6, 6.07) is 1.09. The fourth-order valence-corrected chi connectivity index (χ4v) is 2.54. The number of halogens is 3. The normalized spacial score (nSPS) is 17.3. The van der Waals surface area contributed by atoms with Crippen molar-refractivity contribution in [2.45, 2.75) is 31.6 Å². The molecule has 1 unspecified atom stereocenters. The highest BCUT2D eigenvalue weighted by atomic mass is 19.4. The molecule has 0 aliphatic carbocycles. The van der Waals surface area contributed by atoms with Crippen molar-refractivity contribution in [3.05, 3.63) is 45.9 Å². The molecule has 0 fully saturated rings. The zero-order valence-corrected chi connectivity index (χ0v) is 11.6. The van der Waals surface area contributed by atoms with Crippen LogP contribution in [-0.2, 0) is 23.9 Å². The molecule has 0 bridgehead atoms. The number of carbonyl (C=O) groups is 1. The molecule has 0 spiro atoms. The molecule has 23 heavy (non-hydrogen) atoms. The molecule has 0 radical (unpaired) electrons. The summed E-state index contributed by atoms with van der Waals surface area (Å²) in [7, 11) is 0. The Morgan fingerprint density at radius 2 is 2.13 bits per heavy atom. The highest BCUT2D eigenvalue weighted by molar-refractivity contribution is 5.72. The Labute approximate surface area is 127 Å². The predicted octanol–water partition coefficient (Wildman–Crippen LogP) is 1.08. The van der Waals surface area contributed by atoms with Crippen LogP contribution in [0.25, 0.3) is 0 Å². The van der Waals surface area contributed by atoms with Crippen LogP contribution in [0, 0.1) is 0 Å². The minimum atomic E-state index is -4.53. The van der Waals surface area contributed by atoms with Gasteiger partial charge in [-0.15, -0.1) is 0 Å². The lowest BCUT2D eigenvalue weighted by Gasteiger charge is -2.07. The molecule has 2 aromatic heterocycles. The average Bonchev–Trinajstić information content (AvgIpc) is 3.00. The molecule has 0 saturated heterocycles. The zero-order chi connectivity index (χ0) is 16.8. The maximum Gasteiger partial charge on any atom is 0.433 e. The van der Waals surface area contributed by atoms with Crippen molar-refractivity contribution in [2.75, 3.05) is 0 Å². The van der Waals surface area contributed by atoms with Gasteiger partial charge in [-0.2, -0.15) is 18.3 Å². The van der Waals surface area contributed by atoms with Gasteiger partial charge in [-0.1, -0.05) is 6.07 Å².